The number of carbonyl (C=O) groups excluding carboxylic acids is 1. The molecule has 0 bridgehead atoms. The summed E-state index contributed by atoms with van der Waals surface area (Å²) in [6.07, 6.45) is 0. The second-order valence-electron chi connectivity index (χ2n) is 4.48. The molecule has 2 aliphatic heterocycles. The number of ether oxygens (including phenoxy) is 4. The minimum absolute atomic E-state index is 0.276. The average molecular weight is 315 g/mol. The molecule has 0 saturated heterocycles. The molecule has 18 heavy (non-hydrogen) atoms. The van der Waals surface area contributed by atoms with Crippen LogP contribution in [0.1, 0.15) is 24.2 Å². The predicted molar refractivity (Wildman–Crippen MR) is 65.3 cm³/mol. The molecule has 5 nitrogen and oxygen atoms in total. The molecule has 0 aliphatic carbocycles. The Balaban J connectivity index is 2.22. The van der Waals surface area contributed by atoms with E-state index in [1.165, 1.54) is 0 Å². The Morgan fingerprint density at radius 3 is 2.67 bits per heavy atom. The van der Waals surface area contributed by atoms with Crippen LogP contribution in [-0.2, 0) is 4.74 Å². The number of hydrogen-bond donors (Lipinski definition) is 0. The lowest BCUT2D eigenvalue weighted by Crippen LogP contribution is -2.39. The maximum absolute atomic E-state index is 12.1. The van der Waals surface area contributed by atoms with E-state index >= 15 is 0 Å². The molecule has 1 aromatic carbocycles. The van der Waals surface area contributed by atoms with Gasteiger partial charge in [-0.3, -0.25) is 0 Å². The lowest BCUT2D eigenvalue weighted by molar-refractivity contribution is -0.128. The summed E-state index contributed by atoms with van der Waals surface area (Å²) in [4.78, 5) is 12.1. The van der Waals surface area contributed by atoms with Crippen molar-refractivity contribution in [2.75, 3.05) is 13.2 Å². The number of cyclic esters (lactones) is 1. The normalized spacial score (nSPS) is 19.6. The summed E-state index contributed by atoms with van der Waals surface area (Å²) in [7, 11) is 0. The fourth-order valence-corrected chi connectivity index (χ4v) is 2.45. The van der Waals surface area contributed by atoms with Gasteiger partial charge in [-0.1, -0.05) is 0 Å². The maximum Gasteiger partial charge on any atom is 0.349 e. The third-order valence-electron chi connectivity index (χ3n) is 2.63. The first-order chi connectivity index (χ1) is 8.48. The van der Waals surface area contributed by atoms with Crippen molar-refractivity contribution in [2.45, 2.75) is 19.6 Å². The Bertz CT molecular complexity index is 538. The number of esters is 1. The number of carbonyl (C=O) groups is 1. The van der Waals surface area contributed by atoms with E-state index in [9.17, 15) is 4.79 Å². The second-order valence-corrected chi connectivity index (χ2v) is 5.33. The van der Waals surface area contributed by atoms with Gasteiger partial charge in [-0.15, -0.1) is 0 Å². The van der Waals surface area contributed by atoms with Gasteiger partial charge in [0.1, 0.15) is 18.8 Å². The summed E-state index contributed by atoms with van der Waals surface area (Å²) in [6.45, 7) is 4.21. The minimum atomic E-state index is -0.990. The van der Waals surface area contributed by atoms with Crippen molar-refractivity contribution in [3.8, 4) is 17.2 Å². The van der Waals surface area contributed by atoms with Crippen LogP contribution >= 0.6 is 15.9 Å². The summed E-state index contributed by atoms with van der Waals surface area (Å²) in [5.41, 5.74) is 0.276. The summed E-state index contributed by atoms with van der Waals surface area (Å²) in [6, 6.07) is 1.74. The largest absolute Gasteiger partial charge is 0.486 e. The Kier molecular flexibility index (Phi) is 2.45. The Labute approximate surface area is 112 Å². The van der Waals surface area contributed by atoms with Crippen molar-refractivity contribution >= 4 is 21.9 Å². The lowest BCUT2D eigenvalue weighted by Gasteiger charge is -2.34. The molecule has 2 aliphatic rings. The van der Waals surface area contributed by atoms with Crippen LogP contribution in [0.5, 0.6) is 17.2 Å². The molecular formula is C12H11BrO5. The third-order valence-corrected chi connectivity index (χ3v) is 3.22. The van der Waals surface area contributed by atoms with E-state index in [4.69, 9.17) is 18.9 Å². The third kappa shape index (κ3) is 1.71. The molecule has 1 aromatic rings. The van der Waals surface area contributed by atoms with Crippen LogP contribution in [0, 0.1) is 0 Å². The van der Waals surface area contributed by atoms with E-state index < -0.39 is 11.8 Å². The van der Waals surface area contributed by atoms with Crippen LogP contribution in [-0.4, -0.2) is 25.0 Å². The molecule has 0 unspecified atom stereocenters. The average Bonchev–Trinajstić information content (AvgIpc) is 2.28. The smallest absolute Gasteiger partial charge is 0.349 e. The van der Waals surface area contributed by atoms with Crippen molar-refractivity contribution in [3.05, 3.63) is 16.1 Å². The SMILES string of the molecule is CC1(C)OC(=O)c2c(c(Br)cc3c2OCCO3)O1. The molecule has 3 rings (SSSR count). The first-order valence-corrected chi connectivity index (χ1v) is 6.32. The van der Waals surface area contributed by atoms with Gasteiger partial charge in [-0.05, 0) is 15.9 Å². The molecule has 0 N–H and O–H groups in total. The number of fused-ring (bicyclic) bond motifs is 3. The molecule has 0 amide bonds. The molecule has 2 heterocycles. The number of hydrogen-bond acceptors (Lipinski definition) is 5. The van der Waals surface area contributed by atoms with Gasteiger partial charge >= 0.3 is 5.97 Å². The molecule has 0 spiro atoms. The lowest BCUT2D eigenvalue weighted by atomic mass is 10.1. The standard InChI is InChI=1S/C12H11BrO5/c1-12(2)17-9-6(13)5-7-10(16-4-3-15-7)8(9)11(14)18-12/h5H,3-4H2,1-2H3. The summed E-state index contributed by atoms with van der Waals surface area (Å²) < 4.78 is 22.5. The van der Waals surface area contributed by atoms with Crippen molar-refractivity contribution in [2.24, 2.45) is 0 Å². The van der Waals surface area contributed by atoms with Crippen molar-refractivity contribution < 1.29 is 23.7 Å². The summed E-state index contributed by atoms with van der Waals surface area (Å²) >= 11 is 3.37. The Morgan fingerprint density at radius 2 is 1.89 bits per heavy atom. The summed E-state index contributed by atoms with van der Waals surface area (Å²) in [5.74, 6) is -0.118. The number of halogens is 1. The minimum Gasteiger partial charge on any atom is -0.486 e. The molecule has 0 radical (unpaired) electrons. The highest BCUT2D eigenvalue weighted by molar-refractivity contribution is 9.10. The molecule has 0 aromatic heterocycles. The van der Waals surface area contributed by atoms with Crippen molar-refractivity contribution in [1.29, 1.82) is 0 Å². The molecule has 0 saturated carbocycles. The van der Waals surface area contributed by atoms with Gasteiger partial charge in [-0.2, -0.15) is 0 Å². The molecule has 0 fully saturated rings. The number of benzene rings is 1. The van der Waals surface area contributed by atoms with Crippen molar-refractivity contribution in [1.82, 2.24) is 0 Å². The van der Waals surface area contributed by atoms with Gasteiger partial charge in [0.25, 0.3) is 0 Å². The van der Waals surface area contributed by atoms with E-state index in [-0.39, 0.29) is 5.56 Å². The van der Waals surface area contributed by atoms with Crippen molar-refractivity contribution in [3.63, 3.8) is 0 Å². The Hall–Kier alpha value is -1.43. The van der Waals surface area contributed by atoms with Gasteiger partial charge in [0.05, 0.1) is 4.47 Å². The predicted octanol–water partition coefficient (Wildman–Crippen LogP) is 2.51. The summed E-state index contributed by atoms with van der Waals surface area (Å²) in [5, 5.41) is 0. The highest BCUT2D eigenvalue weighted by atomic mass is 79.9. The van der Waals surface area contributed by atoms with E-state index in [1.807, 2.05) is 0 Å². The quantitative estimate of drug-likeness (QED) is 0.689. The molecule has 96 valence electrons. The van der Waals surface area contributed by atoms with Crippen LogP contribution in [0.2, 0.25) is 0 Å². The molecular weight excluding hydrogens is 304 g/mol. The Morgan fingerprint density at radius 1 is 1.17 bits per heavy atom. The van der Waals surface area contributed by atoms with Crippen LogP contribution in [0.3, 0.4) is 0 Å². The maximum atomic E-state index is 12.1. The monoisotopic (exact) mass is 314 g/mol. The first-order valence-electron chi connectivity index (χ1n) is 5.52. The second kappa shape index (κ2) is 3.78. The van der Waals surface area contributed by atoms with Crippen LogP contribution in [0.25, 0.3) is 0 Å². The highest BCUT2D eigenvalue weighted by Crippen LogP contribution is 2.48. The highest BCUT2D eigenvalue weighted by Gasteiger charge is 2.39. The van der Waals surface area contributed by atoms with Gasteiger partial charge in [0.15, 0.2) is 17.2 Å². The van der Waals surface area contributed by atoms with Gasteiger partial charge in [0.2, 0.25) is 5.79 Å². The zero-order valence-corrected chi connectivity index (χ0v) is 11.5. The number of rotatable bonds is 0. The van der Waals surface area contributed by atoms with Crippen LogP contribution < -0.4 is 14.2 Å². The zero-order valence-electron chi connectivity index (χ0n) is 9.91. The topological polar surface area (TPSA) is 54.0 Å². The van der Waals surface area contributed by atoms with Gasteiger partial charge in [-0.25, -0.2) is 4.79 Å². The van der Waals surface area contributed by atoms with E-state index in [0.717, 1.165) is 0 Å². The van der Waals surface area contributed by atoms with Crippen LogP contribution in [0.4, 0.5) is 0 Å². The van der Waals surface area contributed by atoms with E-state index in [0.29, 0.717) is 34.9 Å². The van der Waals surface area contributed by atoms with Gasteiger partial charge < -0.3 is 18.9 Å². The zero-order chi connectivity index (χ0) is 12.9. The van der Waals surface area contributed by atoms with E-state index in [2.05, 4.69) is 15.9 Å². The molecule has 6 heteroatoms. The van der Waals surface area contributed by atoms with Gasteiger partial charge in [0, 0.05) is 19.9 Å². The van der Waals surface area contributed by atoms with E-state index in [1.54, 1.807) is 19.9 Å². The van der Waals surface area contributed by atoms with Crippen LogP contribution in [0.15, 0.2) is 10.5 Å². The fraction of sp³-hybridized carbons (Fsp3) is 0.417. The first kappa shape index (κ1) is 11.6. The fourth-order valence-electron chi connectivity index (χ4n) is 1.96. The molecule has 0 atom stereocenters.